The van der Waals surface area contributed by atoms with E-state index in [-0.39, 0.29) is 0 Å². The molecule has 0 rings (SSSR count). The summed E-state index contributed by atoms with van der Waals surface area (Å²) in [5.74, 6) is -0.458. The standard InChI is InChI=1S/C6H13O5PS/c1-8-6(7)5-13-12(9-2,10-3)11-4/h5H,1-4H3/b6-5+. The molecule has 78 valence electrons. The van der Waals surface area contributed by atoms with E-state index < -0.39 is 13.1 Å². The average molecular weight is 228 g/mol. The lowest BCUT2D eigenvalue weighted by Crippen LogP contribution is -2.04. The maximum absolute atomic E-state index is 10.8. The van der Waals surface area contributed by atoms with Gasteiger partial charge < -0.3 is 9.84 Å². The zero-order valence-electron chi connectivity index (χ0n) is 7.97. The molecule has 0 aromatic heterocycles. The third kappa shape index (κ3) is 4.15. The molecule has 5 nitrogen and oxygen atoms in total. The predicted octanol–water partition coefficient (Wildman–Crippen LogP) is 1.14. The summed E-state index contributed by atoms with van der Waals surface area (Å²) >= 11 is 1.05. The van der Waals surface area contributed by atoms with Crippen molar-refractivity contribution in [2.75, 3.05) is 28.4 Å². The maximum Gasteiger partial charge on any atom is 0.484 e. The molecule has 13 heavy (non-hydrogen) atoms. The third-order valence-corrected chi connectivity index (χ3v) is 5.48. The Morgan fingerprint density at radius 1 is 1.15 bits per heavy atom. The molecular weight excluding hydrogens is 215 g/mol. The molecule has 7 heteroatoms. The zero-order valence-corrected chi connectivity index (χ0v) is 9.68. The quantitative estimate of drug-likeness (QED) is 0.502. The van der Waals surface area contributed by atoms with Gasteiger partial charge in [0, 0.05) is 5.41 Å². The summed E-state index contributed by atoms with van der Waals surface area (Å²) in [4.78, 5) is 0. The lowest BCUT2D eigenvalue weighted by atomic mass is 11.0. The largest absolute Gasteiger partial charge is 0.616 e. The van der Waals surface area contributed by atoms with Gasteiger partial charge in [0.05, 0.1) is 27.3 Å². The van der Waals surface area contributed by atoms with Gasteiger partial charge in [0.1, 0.15) is 11.4 Å². The predicted molar refractivity (Wildman–Crippen MR) is 50.6 cm³/mol. The Balaban J connectivity index is 4.25. The summed E-state index contributed by atoms with van der Waals surface area (Å²) in [7, 11) is 3.22. The van der Waals surface area contributed by atoms with Crippen molar-refractivity contribution < 1.29 is 23.4 Å². The Bertz CT molecular complexity index is 162. The fourth-order valence-corrected chi connectivity index (χ4v) is 2.95. The summed E-state index contributed by atoms with van der Waals surface area (Å²) in [6.45, 7) is 0. The number of methoxy groups -OCH3 is 1. The first-order valence-electron chi connectivity index (χ1n) is 3.30. The van der Waals surface area contributed by atoms with E-state index >= 15 is 0 Å². The molecule has 0 radical (unpaired) electrons. The van der Waals surface area contributed by atoms with Crippen LogP contribution in [0.1, 0.15) is 0 Å². The van der Waals surface area contributed by atoms with Gasteiger partial charge in [-0.15, -0.1) is 0 Å². The fourth-order valence-electron chi connectivity index (χ4n) is 0.508. The maximum atomic E-state index is 10.8. The van der Waals surface area contributed by atoms with E-state index in [1.807, 2.05) is 0 Å². The van der Waals surface area contributed by atoms with Gasteiger partial charge in [0.2, 0.25) is 0 Å². The first-order chi connectivity index (χ1) is 6.14. The molecule has 0 bridgehead atoms. The molecule has 0 unspecified atom stereocenters. The molecule has 0 aliphatic heterocycles. The van der Waals surface area contributed by atoms with E-state index in [2.05, 4.69) is 4.74 Å². The highest BCUT2D eigenvalue weighted by atomic mass is 32.7. The molecule has 0 saturated heterocycles. The van der Waals surface area contributed by atoms with Gasteiger partial charge in [-0.25, -0.2) is 0 Å². The van der Waals surface area contributed by atoms with Gasteiger partial charge in [-0.3, -0.25) is 0 Å². The first-order valence-corrected chi connectivity index (χ1v) is 6.32. The van der Waals surface area contributed by atoms with Crippen molar-refractivity contribution in [1.29, 1.82) is 0 Å². The molecule has 0 aliphatic rings. The molecule has 0 aliphatic carbocycles. The van der Waals surface area contributed by atoms with Crippen molar-refractivity contribution in [2.24, 2.45) is 0 Å². The normalized spacial score (nSPS) is 13.1. The highest BCUT2D eigenvalue weighted by Crippen LogP contribution is 2.71. The van der Waals surface area contributed by atoms with Crippen LogP contribution in [0, 0.1) is 0 Å². The molecule has 0 saturated carbocycles. The molecule has 0 aromatic rings. The van der Waals surface area contributed by atoms with Crippen LogP contribution in [0.4, 0.5) is 0 Å². The highest BCUT2D eigenvalue weighted by molar-refractivity contribution is 8.59. The van der Waals surface area contributed by atoms with E-state index in [9.17, 15) is 5.11 Å². The van der Waals surface area contributed by atoms with Crippen molar-refractivity contribution in [2.45, 2.75) is 0 Å². The number of rotatable bonds is 6. The van der Waals surface area contributed by atoms with Crippen LogP contribution in [0.5, 0.6) is 0 Å². The molecule has 0 fully saturated rings. The van der Waals surface area contributed by atoms with Crippen molar-refractivity contribution in [1.82, 2.24) is 0 Å². The van der Waals surface area contributed by atoms with Crippen LogP contribution in [-0.2, 0) is 18.3 Å². The minimum absolute atomic E-state index is 0.458. The van der Waals surface area contributed by atoms with E-state index in [0.29, 0.717) is 0 Å². The first kappa shape index (κ1) is 13.0. The summed E-state index contributed by atoms with van der Waals surface area (Å²) < 4.78 is 19.5. The van der Waals surface area contributed by atoms with E-state index in [1.54, 1.807) is 0 Å². The van der Waals surface area contributed by atoms with Crippen LogP contribution in [0.2, 0.25) is 0 Å². The van der Waals surface area contributed by atoms with Gasteiger partial charge in [-0.1, -0.05) is 0 Å². The van der Waals surface area contributed by atoms with Gasteiger partial charge in [-0.05, 0) is 7.11 Å². The van der Waals surface area contributed by atoms with Crippen molar-refractivity contribution in [3.8, 4) is 0 Å². The third-order valence-electron chi connectivity index (χ3n) is 1.15. The van der Waals surface area contributed by atoms with Gasteiger partial charge >= 0.3 is 7.15 Å². The number of ether oxygens (including phenoxy) is 1. The monoisotopic (exact) mass is 228 g/mol. The number of hydrogen-bond donors (Lipinski definition) is 0. The summed E-state index contributed by atoms with van der Waals surface area (Å²) in [6.07, 6.45) is 0. The Labute approximate surface area is 82.3 Å². The molecule has 0 amide bonds. The van der Waals surface area contributed by atoms with Crippen LogP contribution in [0.3, 0.4) is 0 Å². The molecular formula is C6H13O5PS. The van der Waals surface area contributed by atoms with Gasteiger partial charge in [0.25, 0.3) is 0 Å². The summed E-state index contributed by atoms with van der Waals surface area (Å²) in [5.41, 5.74) is 0. The lowest BCUT2D eigenvalue weighted by molar-refractivity contribution is -0.352. The number of hydrogen-bond acceptors (Lipinski definition) is 6. The van der Waals surface area contributed by atoms with Crippen molar-refractivity contribution in [3.63, 3.8) is 0 Å². The van der Waals surface area contributed by atoms with Gasteiger partial charge in [-0.2, -0.15) is 13.6 Å². The minimum Gasteiger partial charge on any atom is -0.616 e. The van der Waals surface area contributed by atoms with Crippen molar-refractivity contribution >= 4 is 18.5 Å². The Morgan fingerprint density at radius 3 is 1.92 bits per heavy atom. The highest BCUT2D eigenvalue weighted by Gasteiger charge is 2.43. The second-order valence-corrected chi connectivity index (χ2v) is 6.15. The molecule has 0 aromatic carbocycles. The lowest BCUT2D eigenvalue weighted by Gasteiger charge is -2.14. The van der Waals surface area contributed by atoms with Gasteiger partial charge in [0.15, 0.2) is 0 Å². The minimum atomic E-state index is -2.45. The summed E-state index contributed by atoms with van der Waals surface area (Å²) in [6, 6.07) is 0. The Morgan fingerprint density at radius 2 is 1.62 bits per heavy atom. The Hall–Kier alpha value is -0.0000000000000000694. The van der Waals surface area contributed by atoms with Crippen LogP contribution < -0.4 is 5.11 Å². The second kappa shape index (κ2) is 6.45. The van der Waals surface area contributed by atoms with E-state index in [4.69, 9.17) is 13.6 Å². The van der Waals surface area contributed by atoms with E-state index in [1.165, 1.54) is 33.8 Å². The van der Waals surface area contributed by atoms with Crippen LogP contribution in [-0.4, -0.2) is 28.4 Å². The Kier molecular flexibility index (Phi) is 6.45. The fraction of sp³-hybridized carbons (Fsp3) is 0.667. The zero-order chi connectivity index (χ0) is 10.3. The van der Waals surface area contributed by atoms with Crippen LogP contribution >= 0.6 is 18.5 Å². The average Bonchev–Trinajstić information content (AvgIpc) is 2.20. The SMILES string of the molecule is CO/C([O-])=C/S[P+](OC)(OC)OC. The summed E-state index contributed by atoms with van der Waals surface area (Å²) in [5, 5.41) is 12.0. The second-order valence-electron chi connectivity index (χ2n) is 1.74. The van der Waals surface area contributed by atoms with Crippen molar-refractivity contribution in [3.05, 3.63) is 11.4 Å². The topological polar surface area (TPSA) is 60.0 Å². The molecule has 0 atom stereocenters. The molecule has 0 heterocycles. The van der Waals surface area contributed by atoms with E-state index in [0.717, 1.165) is 11.4 Å². The smallest absolute Gasteiger partial charge is 0.484 e. The molecule has 0 N–H and O–H groups in total. The van der Waals surface area contributed by atoms with Crippen LogP contribution in [0.25, 0.3) is 0 Å². The molecule has 0 spiro atoms. The van der Waals surface area contributed by atoms with Crippen LogP contribution in [0.15, 0.2) is 11.4 Å².